The van der Waals surface area contributed by atoms with Gasteiger partial charge in [0.05, 0.1) is 23.1 Å². The predicted octanol–water partition coefficient (Wildman–Crippen LogP) is 3.13. The zero-order valence-corrected chi connectivity index (χ0v) is 13.3. The van der Waals surface area contributed by atoms with Crippen molar-refractivity contribution >= 4 is 23.0 Å². The molecule has 0 atom stereocenters. The lowest BCUT2D eigenvalue weighted by molar-refractivity contribution is -0.384. The van der Waals surface area contributed by atoms with E-state index in [1.807, 2.05) is 38.1 Å². The number of anilines is 2. The summed E-state index contributed by atoms with van der Waals surface area (Å²) < 4.78 is 0. The summed E-state index contributed by atoms with van der Waals surface area (Å²) in [4.78, 5) is 22.6. The summed E-state index contributed by atoms with van der Waals surface area (Å²) in [5.41, 5.74) is 2.75. The predicted molar refractivity (Wildman–Crippen MR) is 90.8 cm³/mol. The normalized spacial score (nSPS) is 9.88. The molecule has 7 nitrogen and oxygen atoms in total. The Hall–Kier alpha value is -3.40. The van der Waals surface area contributed by atoms with Crippen LogP contribution in [0.5, 0.6) is 0 Å². The zero-order valence-electron chi connectivity index (χ0n) is 13.3. The third kappa shape index (κ3) is 3.87. The van der Waals surface area contributed by atoms with E-state index in [0.717, 1.165) is 16.8 Å². The van der Waals surface area contributed by atoms with Crippen molar-refractivity contribution in [2.75, 3.05) is 17.2 Å². The molecule has 24 heavy (non-hydrogen) atoms. The molecule has 0 aliphatic rings. The highest BCUT2D eigenvalue weighted by molar-refractivity contribution is 5.95. The molecule has 0 aromatic heterocycles. The van der Waals surface area contributed by atoms with Crippen molar-refractivity contribution in [3.05, 3.63) is 63.2 Å². The summed E-state index contributed by atoms with van der Waals surface area (Å²) in [5.74, 6) is -0.314. The van der Waals surface area contributed by atoms with Crippen LogP contribution in [0.15, 0.2) is 36.4 Å². The third-order valence-electron chi connectivity index (χ3n) is 3.51. The van der Waals surface area contributed by atoms with E-state index in [9.17, 15) is 14.9 Å². The largest absolute Gasteiger partial charge is 0.371 e. The molecule has 0 aliphatic heterocycles. The van der Waals surface area contributed by atoms with E-state index in [2.05, 4.69) is 10.6 Å². The quantitative estimate of drug-likeness (QED) is 0.649. The van der Waals surface area contributed by atoms with Crippen LogP contribution in [-0.4, -0.2) is 17.4 Å². The molecule has 0 aliphatic carbocycles. The van der Waals surface area contributed by atoms with Gasteiger partial charge in [-0.05, 0) is 37.1 Å². The maximum atomic E-state index is 12.1. The number of para-hydroxylation sites is 1. The first kappa shape index (κ1) is 17.0. The van der Waals surface area contributed by atoms with E-state index in [0.29, 0.717) is 0 Å². The van der Waals surface area contributed by atoms with Crippen LogP contribution in [-0.2, 0) is 4.79 Å². The molecule has 2 N–H and O–H groups in total. The van der Waals surface area contributed by atoms with Crippen molar-refractivity contribution < 1.29 is 9.72 Å². The number of hydrogen-bond acceptors (Lipinski definition) is 5. The number of amides is 1. The van der Waals surface area contributed by atoms with Crippen LogP contribution in [0.3, 0.4) is 0 Å². The number of carbonyl (C=O) groups is 1. The molecule has 0 unspecified atom stereocenters. The van der Waals surface area contributed by atoms with E-state index >= 15 is 0 Å². The smallest absolute Gasteiger partial charge is 0.293 e. The molecule has 2 aromatic carbocycles. The molecular formula is C17H16N4O3. The fourth-order valence-electron chi connectivity index (χ4n) is 2.27. The minimum absolute atomic E-state index is 0.124. The lowest BCUT2D eigenvalue weighted by Crippen LogP contribution is -2.23. The van der Waals surface area contributed by atoms with Gasteiger partial charge in [0.2, 0.25) is 5.91 Å². The summed E-state index contributed by atoms with van der Waals surface area (Å²) in [6, 6.07) is 11.6. The van der Waals surface area contributed by atoms with Gasteiger partial charge in [0.1, 0.15) is 5.69 Å². The third-order valence-corrected chi connectivity index (χ3v) is 3.51. The topological polar surface area (TPSA) is 108 Å². The SMILES string of the molecule is Cc1cccc(C)c1NC(=O)CNc1ccc(C#N)cc1[N+](=O)[O-]. The lowest BCUT2D eigenvalue weighted by Gasteiger charge is -2.12. The van der Waals surface area contributed by atoms with Crippen molar-refractivity contribution in [2.45, 2.75) is 13.8 Å². The minimum atomic E-state index is -0.591. The average molecular weight is 324 g/mol. The van der Waals surface area contributed by atoms with Gasteiger partial charge in [-0.2, -0.15) is 5.26 Å². The Morgan fingerprint density at radius 2 is 1.92 bits per heavy atom. The molecule has 7 heteroatoms. The summed E-state index contributed by atoms with van der Waals surface area (Å²) in [6.07, 6.45) is 0. The Morgan fingerprint density at radius 1 is 1.25 bits per heavy atom. The summed E-state index contributed by atoms with van der Waals surface area (Å²) in [6.45, 7) is 3.66. The first-order chi connectivity index (χ1) is 11.4. The minimum Gasteiger partial charge on any atom is -0.371 e. The van der Waals surface area contributed by atoms with E-state index in [1.165, 1.54) is 18.2 Å². The van der Waals surface area contributed by atoms with E-state index in [-0.39, 0.29) is 29.4 Å². The van der Waals surface area contributed by atoms with Gasteiger partial charge in [-0.15, -0.1) is 0 Å². The number of rotatable bonds is 5. The number of nitrogens with one attached hydrogen (secondary N) is 2. The van der Waals surface area contributed by atoms with Gasteiger partial charge in [0.15, 0.2) is 0 Å². The number of nitriles is 1. The molecule has 2 aromatic rings. The number of aryl methyl sites for hydroxylation is 2. The maximum absolute atomic E-state index is 12.1. The Morgan fingerprint density at radius 3 is 2.50 bits per heavy atom. The van der Waals surface area contributed by atoms with E-state index in [1.54, 1.807) is 0 Å². The second kappa shape index (κ2) is 7.24. The molecule has 0 radical (unpaired) electrons. The Labute approximate surface area is 139 Å². The number of nitrogens with zero attached hydrogens (tertiary/aromatic N) is 2. The fourth-order valence-corrected chi connectivity index (χ4v) is 2.27. The molecule has 2 rings (SSSR count). The number of nitro benzene ring substituents is 1. The van der Waals surface area contributed by atoms with Gasteiger partial charge in [0, 0.05) is 11.8 Å². The molecule has 0 saturated heterocycles. The molecule has 0 bridgehead atoms. The van der Waals surface area contributed by atoms with Crippen LogP contribution in [0.1, 0.15) is 16.7 Å². The van der Waals surface area contributed by atoms with Gasteiger partial charge in [-0.25, -0.2) is 0 Å². The van der Waals surface area contributed by atoms with Crippen molar-refractivity contribution in [3.63, 3.8) is 0 Å². The number of nitro groups is 1. The van der Waals surface area contributed by atoms with Crippen LogP contribution in [0.2, 0.25) is 0 Å². The summed E-state index contributed by atoms with van der Waals surface area (Å²) >= 11 is 0. The van der Waals surface area contributed by atoms with Crippen LogP contribution < -0.4 is 10.6 Å². The van der Waals surface area contributed by atoms with E-state index < -0.39 is 4.92 Å². The zero-order chi connectivity index (χ0) is 17.7. The molecule has 0 saturated carbocycles. The van der Waals surface area contributed by atoms with Crippen molar-refractivity contribution in [2.24, 2.45) is 0 Å². The number of carbonyl (C=O) groups excluding carboxylic acids is 1. The van der Waals surface area contributed by atoms with Crippen molar-refractivity contribution in [3.8, 4) is 6.07 Å². The van der Waals surface area contributed by atoms with Gasteiger partial charge in [-0.1, -0.05) is 18.2 Å². The molecule has 1 amide bonds. The summed E-state index contributed by atoms with van der Waals surface area (Å²) in [7, 11) is 0. The molecule has 122 valence electrons. The molecule has 0 spiro atoms. The molecule has 0 fully saturated rings. The van der Waals surface area contributed by atoms with Crippen molar-refractivity contribution in [1.82, 2.24) is 0 Å². The van der Waals surface area contributed by atoms with Crippen LogP contribution >= 0.6 is 0 Å². The van der Waals surface area contributed by atoms with Crippen LogP contribution in [0.25, 0.3) is 0 Å². The second-order valence-electron chi connectivity index (χ2n) is 5.27. The standard InChI is InChI=1S/C17H16N4O3/c1-11-4-3-5-12(2)17(11)20-16(22)10-19-14-7-6-13(9-18)8-15(14)21(23)24/h3-8,19H,10H2,1-2H3,(H,20,22). The Bertz CT molecular complexity index is 820. The van der Waals surface area contributed by atoms with Gasteiger partial charge < -0.3 is 10.6 Å². The Kier molecular flexibility index (Phi) is 5.12. The van der Waals surface area contributed by atoms with Gasteiger partial charge >= 0.3 is 0 Å². The highest BCUT2D eigenvalue weighted by Crippen LogP contribution is 2.25. The first-order valence-corrected chi connectivity index (χ1v) is 7.21. The fraction of sp³-hybridized carbons (Fsp3) is 0.176. The highest BCUT2D eigenvalue weighted by Gasteiger charge is 2.15. The molecule has 0 heterocycles. The van der Waals surface area contributed by atoms with Crippen LogP contribution in [0.4, 0.5) is 17.1 Å². The number of hydrogen-bond donors (Lipinski definition) is 2. The monoisotopic (exact) mass is 324 g/mol. The summed E-state index contributed by atoms with van der Waals surface area (Å²) in [5, 5.41) is 25.4. The van der Waals surface area contributed by atoms with Gasteiger partial charge in [0.25, 0.3) is 5.69 Å². The molecular weight excluding hydrogens is 308 g/mol. The van der Waals surface area contributed by atoms with Crippen molar-refractivity contribution in [1.29, 1.82) is 5.26 Å². The average Bonchev–Trinajstić information content (AvgIpc) is 2.56. The van der Waals surface area contributed by atoms with Gasteiger partial charge in [-0.3, -0.25) is 14.9 Å². The highest BCUT2D eigenvalue weighted by atomic mass is 16.6. The Balaban J connectivity index is 2.10. The number of benzene rings is 2. The van der Waals surface area contributed by atoms with E-state index in [4.69, 9.17) is 5.26 Å². The maximum Gasteiger partial charge on any atom is 0.293 e. The first-order valence-electron chi connectivity index (χ1n) is 7.21. The van der Waals surface area contributed by atoms with Crippen LogP contribution in [0, 0.1) is 35.3 Å². The second-order valence-corrected chi connectivity index (χ2v) is 5.27. The lowest BCUT2D eigenvalue weighted by atomic mass is 10.1.